The van der Waals surface area contributed by atoms with E-state index in [2.05, 4.69) is 10.3 Å². The molecule has 8 nitrogen and oxygen atoms in total. The molecule has 0 saturated carbocycles. The number of aromatic nitrogens is 3. The van der Waals surface area contributed by atoms with Gasteiger partial charge >= 0.3 is 0 Å². The van der Waals surface area contributed by atoms with Gasteiger partial charge in [0, 0.05) is 51.4 Å². The monoisotopic (exact) mass is 380 g/mol. The van der Waals surface area contributed by atoms with Gasteiger partial charge in [0.25, 0.3) is 5.91 Å². The number of nitrogens with one attached hydrogen (secondary N) is 1. The maximum absolute atomic E-state index is 13.0. The maximum Gasteiger partial charge on any atom is 0.256 e. The molecule has 2 aromatic rings. The minimum absolute atomic E-state index is 0.0364. The predicted molar refractivity (Wildman–Crippen MR) is 104 cm³/mol. The van der Waals surface area contributed by atoms with Gasteiger partial charge in [0.2, 0.25) is 5.91 Å². The Balaban J connectivity index is 1.65. The highest BCUT2D eigenvalue weighted by Gasteiger charge is 2.34. The molecular formula is C20H24N6O2. The number of nitrogens with zero attached hydrogens (tertiary/aromatic N) is 5. The second kappa shape index (κ2) is 7.53. The first-order chi connectivity index (χ1) is 13.6. The summed E-state index contributed by atoms with van der Waals surface area (Å²) >= 11 is 0. The Kier molecular flexibility index (Phi) is 4.93. The molecule has 1 fully saturated rings. The molecule has 2 aliphatic rings. The minimum Gasteiger partial charge on any atom is -0.373 e. The molecule has 1 saturated heterocycles. The van der Waals surface area contributed by atoms with Crippen LogP contribution >= 0.6 is 0 Å². The minimum atomic E-state index is -0.143. The molecule has 1 N–H and O–H groups in total. The van der Waals surface area contributed by atoms with Crippen molar-refractivity contribution in [3.05, 3.63) is 47.2 Å². The summed E-state index contributed by atoms with van der Waals surface area (Å²) < 4.78 is 0. The summed E-state index contributed by atoms with van der Waals surface area (Å²) in [6.07, 6.45) is 5.72. The van der Waals surface area contributed by atoms with E-state index in [4.69, 9.17) is 9.97 Å². The fourth-order valence-corrected chi connectivity index (χ4v) is 3.99. The second-order valence-corrected chi connectivity index (χ2v) is 7.19. The molecule has 0 aromatic carbocycles. The number of carbonyl (C=O) groups is 2. The van der Waals surface area contributed by atoms with Crippen molar-refractivity contribution in [2.24, 2.45) is 0 Å². The van der Waals surface area contributed by atoms with Gasteiger partial charge in [-0.3, -0.25) is 14.6 Å². The van der Waals surface area contributed by atoms with Gasteiger partial charge in [-0.05, 0) is 25.0 Å². The SMILES string of the molecule is CNc1nc([C@@H]2CCCN2C(=O)c2cccnc2)nc2c1CN(C(C)=O)CC2. The average Bonchev–Trinajstić information content (AvgIpc) is 3.22. The molecule has 146 valence electrons. The molecule has 2 amide bonds. The highest BCUT2D eigenvalue weighted by atomic mass is 16.2. The van der Waals surface area contributed by atoms with Crippen LogP contribution in [0.2, 0.25) is 0 Å². The number of carbonyl (C=O) groups excluding carboxylic acids is 2. The molecule has 4 rings (SSSR count). The first-order valence-corrected chi connectivity index (χ1v) is 9.62. The molecule has 0 aliphatic carbocycles. The van der Waals surface area contributed by atoms with Crippen molar-refractivity contribution in [1.82, 2.24) is 24.8 Å². The first kappa shape index (κ1) is 18.3. The summed E-state index contributed by atoms with van der Waals surface area (Å²) in [7, 11) is 1.83. The Bertz CT molecular complexity index is 884. The Morgan fingerprint density at radius 2 is 2.11 bits per heavy atom. The molecule has 0 radical (unpaired) electrons. The van der Waals surface area contributed by atoms with Gasteiger partial charge in [-0.25, -0.2) is 9.97 Å². The van der Waals surface area contributed by atoms with Crippen LogP contribution in [0, 0.1) is 0 Å². The summed E-state index contributed by atoms with van der Waals surface area (Å²) in [4.78, 5) is 42.0. The van der Waals surface area contributed by atoms with Crippen LogP contribution in [0.15, 0.2) is 24.5 Å². The van der Waals surface area contributed by atoms with Gasteiger partial charge in [-0.15, -0.1) is 0 Å². The third-order valence-electron chi connectivity index (χ3n) is 5.48. The average molecular weight is 380 g/mol. The van der Waals surface area contributed by atoms with E-state index in [-0.39, 0.29) is 17.9 Å². The lowest BCUT2D eigenvalue weighted by atomic mass is 10.0. The van der Waals surface area contributed by atoms with Crippen molar-refractivity contribution in [3.63, 3.8) is 0 Å². The van der Waals surface area contributed by atoms with Crippen LogP contribution < -0.4 is 5.32 Å². The predicted octanol–water partition coefficient (Wildman–Crippen LogP) is 1.80. The van der Waals surface area contributed by atoms with Crippen molar-refractivity contribution in [2.45, 2.75) is 38.8 Å². The Hall–Kier alpha value is -3.03. The van der Waals surface area contributed by atoms with Crippen molar-refractivity contribution in [3.8, 4) is 0 Å². The van der Waals surface area contributed by atoms with Crippen molar-refractivity contribution in [2.75, 3.05) is 25.5 Å². The molecule has 2 aromatic heterocycles. The number of hydrogen-bond donors (Lipinski definition) is 1. The smallest absolute Gasteiger partial charge is 0.256 e. The van der Waals surface area contributed by atoms with E-state index in [9.17, 15) is 9.59 Å². The van der Waals surface area contributed by atoms with Crippen LogP contribution in [-0.4, -0.2) is 56.7 Å². The molecule has 0 bridgehead atoms. The van der Waals surface area contributed by atoms with E-state index in [0.717, 1.165) is 29.9 Å². The van der Waals surface area contributed by atoms with Crippen LogP contribution in [0.4, 0.5) is 5.82 Å². The Morgan fingerprint density at radius 1 is 1.25 bits per heavy atom. The van der Waals surface area contributed by atoms with Crippen LogP contribution in [0.3, 0.4) is 0 Å². The summed E-state index contributed by atoms with van der Waals surface area (Å²) in [6.45, 7) is 3.45. The van der Waals surface area contributed by atoms with E-state index in [1.807, 2.05) is 11.9 Å². The number of likely N-dealkylation sites (tertiary alicyclic amines) is 1. The lowest BCUT2D eigenvalue weighted by Gasteiger charge is -2.30. The van der Waals surface area contributed by atoms with Crippen LogP contribution in [0.5, 0.6) is 0 Å². The quantitative estimate of drug-likeness (QED) is 0.873. The Labute approximate surface area is 164 Å². The highest BCUT2D eigenvalue weighted by molar-refractivity contribution is 5.94. The van der Waals surface area contributed by atoms with E-state index in [1.54, 1.807) is 36.4 Å². The Morgan fingerprint density at radius 3 is 2.82 bits per heavy atom. The number of pyridine rings is 1. The number of rotatable bonds is 3. The third kappa shape index (κ3) is 3.30. The topological polar surface area (TPSA) is 91.3 Å². The van der Waals surface area contributed by atoms with Crippen molar-refractivity contribution < 1.29 is 9.59 Å². The zero-order valence-corrected chi connectivity index (χ0v) is 16.2. The van der Waals surface area contributed by atoms with Gasteiger partial charge in [-0.1, -0.05) is 0 Å². The molecular weight excluding hydrogens is 356 g/mol. The van der Waals surface area contributed by atoms with Gasteiger partial charge in [0.1, 0.15) is 5.82 Å². The van der Waals surface area contributed by atoms with E-state index >= 15 is 0 Å². The fourth-order valence-electron chi connectivity index (χ4n) is 3.99. The molecule has 1 atom stereocenters. The molecule has 4 heterocycles. The van der Waals surface area contributed by atoms with Crippen LogP contribution in [0.1, 0.15) is 53.2 Å². The highest BCUT2D eigenvalue weighted by Crippen LogP contribution is 2.34. The summed E-state index contributed by atoms with van der Waals surface area (Å²) in [5.74, 6) is 1.44. The summed E-state index contributed by atoms with van der Waals surface area (Å²) in [5.41, 5.74) is 2.52. The second-order valence-electron chi connectivity index (χ2n) is 7.19. The maximum atomic E-state index is 13.0. The fraction of sp³-hybridized carbons (Fsp3) is 0.450. The van der Waals surface area contributed by atoms with Crippen molar-refractivity contribution >= 4 is 17.6 Å². The molecule has 2 aliphatic heterocycles. The summed E-state index contributed by atoms with van der Waals surface area (Å²) in [6, 6.07) is 3.41. The van der Waals surface area contributed by atoms with E-state index in [1.165, 1.54) is 0 Å². The first-order valence-electron chi connectivity index (χ1n) is 9.62. The largest absolute Gasteiger partial charge is 0.373 e. The van der Waals surface area contributed by atoms with Gasteiger partial charge in [0.05, 0.1) is 23.8 Å². The van der Waals surface area contributed by atoms with E-state index < -0.39 is 0 Å². The molecule has 8 heteroatoms. The van der Waals surface area contributed by atoms with Gasteiger partial charge < -0.3 is 15.1 Å². The van der Waals surface area contributed by atoms with Crippen LogP contribution in [0.25, 0.3) is 0 Å². The van der Waals surface area contributed by atoms with Crippen molar-refractivity contribution in [1.29, 1.82) is 0 Å². The molecule has 28 heavy (non-hydrogen) atoms. The van der Waals surface area contributed by atoms with Crippen LogP contribution in [-0.2, 0) is 17.8 Å². The number of hydrogen-bond acceptors (Lipinski definition) is 6. The summed E-state index contributed by atoms with van der Waals surface area (Å²) in [5, 5.41) is 3.15. The number of fused-ring (bicyclic) bond motifs is 1. The normalized spacial score (nSPS) is 18.7. The number of anilines is 1. The van der Waals surface area contributed by atoms with Gasteiger partial charge in [-0.2, -0.15) is 0 Å². The van der Waals surface area contributed by atoms with E-state index in [0.29, 0.717) is 37.4 Å². The lowest BCUT2D eigenvalue weighted by molar-refractivity contribution is -0.129. The molecule has 0 spiro atoms. The molecule has 0 unspecified atom stereocenters. The standard InChI is InChI=1S/C20H24N6O2/c1-13(27)25-10-7-16-15(12-25)18(21-2)24-19(23-16)17-6-4-9-26(17)20(28)14-5-3-8-22-11-14/h3,5,8,11,17H,4,6-7,9-10,12H2,1-2H3,(H,21,23,24)/t17-/m0/s1. The third-order valence-corrected chi connectivity index (χ3v) is 5.48. The zero-order chi connectivity index (χ0) is 19.7. The number of amides is 2. The lowest BCUT2D eigenvalue weighted by Crippen LogP contribution is -2.36. The van der Waals surface area contributed by atoms with Gasteiger partial charge in [0.15, 0.2) is 5.82 Å². The zero-order valence-electron chi connectivity index (χ0n) is 16.2.